The number of nitrogens with zero attached hydrogens (tertiary/aromatic N) is 4. The average molecular weight is 378 g/mol. The maximum Gasteiger partial charge on any atom is 0.228 e. The normalized spacial score (nSPS) is 20.7. The molecule has 1 aromatic heterocycles. The molecule has 0 aliphatic carbocycles. The molecule has 0 amide bonds. The zero-order valence-corrected chi connectivity index (χ0v) is 15.5. The van der Waals surface area contributed by atoms with Gasteiger partial charge in [-0.3, -0.25) is 4.57 Å². The molecule has 2 aliphatic heterocycles. The summed E-state index contributed by atoms with van der Waals surface area (Å²) in [7, 11) is 0. The topological polar surface area (TPSA) is 52.4 Å². The minimum atomic E-state index is -0.210. The average Bonchev–Trinajstić information content (AvgIpc) is 3.31. The Balaban J connectivity index is 1.53. The number of thioether (sulfide) groups is 1. The fourth-order valence-electron chi connectivity index (χ4n) is 3.31. The summed E-state index contributed by atoms with van der Waals surface area (Å²) < 4.78 is 26.8. The third kappa shape index (κ3) is 4.19. The number of hydrogen-bond donors (Lipinski definition) is 0. The van der Waals surface area contributed by atoms with E-state index in [2.05, 4.69) is 19.7 Å². The molecule has 3 heterocycles. The summed E-state index contributed by atoms with van der Waals surface area (Å²) in [6.45, 7) is 4.63. The Kier molecular flexibility index (Phi) is 5.72. The van der Waals surface area contributed by atoms with Crippen molar-refractivity contribution in [2.24, 2.45) is 0 Å². The third-order valence-corrected chi connectivity index (χ3v) is 5.70. The van der Waals surface area contributed by atoms with E-state index in [-0.39, 0.29) is 11.9 Å². The molecule has 0 saturated carbocycles. The lowest BCUT2D eigenvalue weighted by Crippen LogP contribution is -2.38. The number of ether oxygens (including phenoxy) is 2. The molecule has 1 atom stereocenters. The van der Waals surface area contributed by atoms with Crippen LogP contribution in [0.1, 0.15) is 18.4 Å². The van der Waals surface area contributed by atoms with Crippen LogP contribution in [0.25, 0.3) is 0 Å². The molecule has 6 nitrogen and oxygen atoms in total. The first-order chi connectivity index (χ1) is 12.8. The molecular formula is C18H23FN4O2S. The van der Waals surface area contributed by atoms with Crippen LogP contribution in [0, 0.1) is 5.82 Å². The highest BCUT2D eigenvalue weighted by atomic mass is 32.2. The van der Waals surface area contributed by atoms with E-state index in [0.29, 0.717) is 19.0 Å². The van der Waals surface area contributed by atoms with Crippen molar-refractivity contribution in [1.29, 1.82) is 0 Å². The highest BCUT2D eigenvalue weighted by Crippen LogP contribution is 2.28. The van der Waals surface area contributed by atoms with E-state index in [1.54, 1.807) is 23.9 Å². The van der Waals surface area contributed by atoms with E-state index >= 15 is 0 Å². The number of anilines is 1. The van der Waals surface area contributed by atoms with Gasteiger partial charge in [0.1, 0.15) is 5.82 Å². The van der Waals surface area contributed by atoms with Crippen molar-refractivity contribution in [3.63, 3.8) is 0 Å². The Morgan fingerprint density at radius 3 is 2.85 bits per heavy atom. The molecule has 0 N–H and O–H groups in total. The summed E-state index contributed by atoms with van der Waals surface area (Å²) in [4.78, 5) is 2.22. The maximum atomic E-state index is 13.4. The van der Waals surface area contributed by atoms with Crippen LogP contribution in [0.5, 0.6) is 0 Å². The molecule has 0 radical (unpaired) electrons. The molecule has 140 valence electrons. The summed E-state index contributed by atoms with van der Waals surface area (Å²) in [5.74, 6) is 1.33. The number of hydrogen-bond acceptors (Lipinski definition) is 6. The predicted octanol–water partition coefficient (Wildman–Crippen LogP) is 2.73. The van der Waals surface area contributed by atoms with E-state index in [1.807, 2.05) is 6.07 Å². The van der Waals surface area contributed by atoms with Crippen molar-refractivity contribution < 1.29 is 13.9 Å². The molecule has 1 aromatic carbocycles. The van der Waals surface area contributed by atoms with Crippen molar-refractivity contribution >= 4 is 17.7 Å². The molecule has 4 rings (SSSR count). The lowest BCUT2D eigenvalue weighted by Gasteiger charge is -2.28. The zero-order valence-electron chi connectivity index (χ0n) is 14.6. The third-order valence-electron chi connectivity index (χ3n) is 4.66. The van der Waals surface area contributed by atoms with Crippen molar-refractivity contribution in [2.45, 2.75) is 36.4 Å². The highest BCUT2D eigenvalue weighted by molar-refractivity contribution is 7.98. The Morgan fingerprint density at radius 1 is 1.19 bits per heavy atom. The molecule has 0 bridgehead atoms. The van der Waals surface area contributed by atoms with Crippen LogP contribution >= 0.6 is 11.8 Å². The lowest BCUT2D eigenvalue weighted by atomic mass is 10.2. The van der Waals surface area contributed by atoms with Gasteiger partial charge in [0.2, 0.25) is 5.95 Å². The molecule has 1 unspecified atom stereocenters. The summed E-state index contributed by atoms with van der Waals surface area (Å²) in [6, 6.07) is 6.70. The fourth-order valence-corrected chi connectivity index (χ4v) is 4.20. The molecule has 2 fully saturated rings. The number of aromatic nitrogens is 3. The second-order valence-corrected chi connectivity index (χ2v) is 7.49. The Hall–Kier alpha value is -1.64. The Bertz CT molecular complexity index is 730. The van der Waals surface area contributed by atoms with Gasteiger partial charge in [0.15, 0.2) is 5.16 Å². The van der Waals surface area contributed by atoms with Crippen molar-refractivity contribution in [1.82, 2.24) is 14.8 Å². The highest BCUT2D eigenvalue weighted by Gasteiger charge is 2.24. The van der Waals surface area contributed by atoms with Crippen LogP contribution in [0.2, 0.25) is 0 Å². The maximum absolute atomic E-state index is 13.4. The van der Waals surface area contributed by atoms with Gasteiger partial charge in [0.25, 0.3) is 0 Å². The summed E-state index contributed by atoms with van der Waals surface area (Å²) in [6.07, 6.45) is 2.37. The number of morpholine rings is 1. The summed E-state index contributed by atoms with van der Waals surface area (Å²) in [5.41, 5.74) is 0.939. The summed E-state index contributed by atoms with van der Waals surface area (Å²) in [5, 5.41) is 9.71. The van der Waals surface area contributed by atoms with Crippen molar-refractivity contribution in [2.75, 3.05) is 37.8 Å². The van der Waals surface area contributed by atoms with E-state index in [1.165, 1.54) is 6.07 Å². The van der Waals surface area contributed by atoms with Crippen LogP contribution in [0.15, 0.2) is 29.4 Å². The van der Waals surface area contributed by atoms with Gasteiger partial charge in [0.05, 0.1) is 25.9 Å². The molecule has 0 spiro atoms. The van der Waals surface area contributed by atoms with Gasteiger partial charge in [-0.1, -0.05) is 23.9 Å². The first kappa shape index (κ1) is 17.8. The molecular weight excluding hydrogens is 355 g/mol. The Morgan fingerprint density at radius 2 is 2.08 bits per heavy atom. The van der Waals surface area contributed by atoms with Crippen LogP contribution in [0.3, 0.4) is 0 Å². The molecule has 8 heteroatoms. The molecule has 2 aromatic rings. The van der Waals surface area contributed by atoms with E-state index in [4.69, 9.17) is 9.47 Å². The van der Waals surface area contributed by atoms with Crippen molar-refractivity contribution in [3.8, 4) is 0 Å². The minimum absolute atomic E-state index is 0.208. The van der Waals surface area contributed by atoms with Gasteiger partial charge >= 0.3 is 0 Å². The quantitative estimate of drug-likeness (QED) is 0.721. The van der Waals surface area contributed by atoms with Crippen LogP contribution < -0.4 is 4.90 Å². The number of halogens is 1. The molecule has 2 aliphatic rings. The largest absolute Gasteiger partial charge is 0.378 e. The molecule has 2 saturated heterocycles. The van der Waals surface area contributed by atoms with Gasteiger partial charge in [0, 0.05) is 25.4 Å². The van der Waals surface area contributed by atoms with Gasteiger partial charge in [-0.2, -0.15) is 0 Å². The predicted molar refractivity (Wildman–Crippen MR) is 98.0 cm³/mol. The summed E-state index contributed by atoms with van der Waals surface area (Å²) >= 11 is 1.59. The van der Waals surface area contributed by atoms with E-state index in [9.17, 15) is 4.39 Å². The van der Waals surface area contributed by atoms with Crippen molar-refractivity contribution in [3.05, 3.63) is 35.6 Å². The second kappa shape index (κ2) is 8.37. The minimum Gasteiger partial charge on any atom is -0.378 e. The fraction of sp³-hybridized carbons (Fsp3) is 0.556. The van der Waals surface area contributed by atoms with Gasteiger partial charge in [-0.15, -0.1) is 10.2 Å². The van der Waals surface area contributed by atoms with E-state index in [0.717, 1.165) is 55.8 Å². The first-order valence-electron chi connectivity index (χ1n) is 9.04. The second-order valence-electron chi connectivity index (χ2n) is 6.55. The number of benzene rings is 1. The number of rotatable bonds is 6. The standard InChI is InChI=1S/C18H23FN4O2S/c19-15-4-1-3-14(11-15)13-26-18-21-20-17(22-6-9-24-10-7-22)23(18)12-16-5-2-8-25-16/h1,3-4,11,16H,2,5-10,12-13H2. The van der Waals surface area contributed by atoms with Crippen LogP contribution in [-0.2, 0) is 21.8 Å². The SMILES string of the molecule is Fc1cccc(CSc2nnc(N3CCOCC3)n2CC2CCCO2)c1. The first-order valence-corrected chi connectivity index (χ1v) is 10.0. The smallest absolute Gasteiger partial charge is 0.228 e. The van der Waals surface area contributed by atoms with E-state index < -0.39 is 0 Å². The Labute approximate surface area is 156 Å². The van der Waals surface area contributed by atoms with Gasteiger partial charge in [-0.05, 0) is 30.5 Å². The monoisotopic (exact) mass is 378 g/mol. The molecule has 26 heavy (non-hydrogen) atoms. The van der Waals surface area contributed by atoms with Gasteiger partial charge in [-0.25, -0.2) is 4.39 Å². The lowest BCUT2D eigenvalue weighted by molar-refractivity contribution is 0.0942. The van der Waals surface area contributed by atoms with Crippen LogP contribution in [-0.4, -0.2) is 53.8 Å². The van der Waals surface area contributed by atoms with Crippen LogP contribution in [0.4, 0.5) is 10.3 Å². The zero-order chi connectivity index (χ0) is 17.8. The van der Waals surface area contributed by atoms with Gasteiger partial charge < -0.3 is 14.4 Å².